The lowest BCUT2D eigenvalue weighted by Crippen LogP contribution is -2.47. The topological polar surface area (TPSA) is 131 Å². The molecule has 1 fully saturated rings. The summed E-state index contributed by atoms with van der Waals surface area (Å²) in [6.45, 7) is 3.89. The lowest BCUT2D eigenvalue weighted by Gasteiger charge is -2.24. The van der Waals surface area contributed by atoms with Gasteiger partial charge in [0, 0.05) is 25.1 Å². The Kier molecular flexibility index (Phi) is 14.3. The number of nitrogens with zero attached hydrogens (tertiary/aromatic N) is 2. The Morgan fingerprint density at radius 2 is 1.81 bits per heavy atom. The smallest absolute Gasteiger partial charge is 0.238 e. The molecule has 0 saturated carbocycles. The van der Waals surface area contributed by atoms with E-state index >= 15 is 0 Å². The van der Waals surface area contributed by atoms with Gasteiger partial charge in [0.1, 0.15) is 12.2 Å². The third kappa shape index (κ3) is 11.7. The standard InChI is InChI=1S/C23H41N5O3/c1-2-3-4-5-6-7-8-9-10-14-28-16-19(17-29)15-21(28)22(31)27-20(18-30)12-11-13-26-23(24)25/h18,20-21H,2-16H2,1H3,(H,27,31)(H4,24,25,26)/t20-,21-/m0/s1. The fourth-order valence-electron chi connectivity index (χ4n) is 3.95. The number of amides is 1. The van der Waals surface area contributed by atoms with Gasteiger partial charge in [0.2, 0.25) is 5.91 Å². The van der Waals surface area contributed by atoms with Gasteiger partial charge in [0.25, 0.3) is 0 Å². The molecule has 0 aliphatic carbocycles. The molecule has 1 aliphatic heterocycles. The predicted molar refractivity (Wildman–Crippen MR) is 124 cm³/mol. The normalized spacial score (nSPS) is 17.2. The van der Waals surface area contributed by atoms with Crippen molar-refractivity contribution < 1.29 is 14.4 Å². The van der Waals surface area contributed by atoms with Gasteiger partial charge in [0.05, 0.1) is 12.1 Å². The Bertz CT molecular complexity index is 612. The van der Waals surface area contributed by atoms with Crippen molar-refractivity contribution in [3.05, 3.63) is 5.57 Å². The van der Waals surface area contributed by atoms with Crippen LogP contribution in [0.1, 0.15) is 84.0 Å². The summed E-state index contributed by atoms with van der Waals surface area (Å²) in [5.41, 5.74) is 11.2. The first kappa shape index (κ1) is 26.9. The second-order valence-corrected chi connectivity index (χ2v) is 8.42. The quantitative estimate of drug-likeness (QED) is 0.105. The highest BCUT2D eigenvalue weighted by Gasteiger charge is 2.34. The van der Waals surface area contributed by atoms with Crippen LogP contribution in [0.2, 0.25) is 0 Å². The van der Waals surface area contributed by atoms with Crippen molar-refractivity contribution in [1.29, 1.82) is 0 Å². The number of rotatable bonds is 17. The first-order chi connectivity index (χ1) is 15.0. The van der Waals surface area contributed by atoms with Gasteiger partial charge >= 0.3 is 0 Å². The Morgan fingerprint density at radius 3 is 2.39 bits per heavy atom. The third-order valence-corrected chi connectivity index (χ3v) is 5.73. The number of carbonyl (C=O) groups is 2. The maximum absolute atomic E-state index is 12.8. The average Bonchev–Trinajstić information content (AvgIpc) is 3.18. The van der Waals surface area contributed by atoms with Crippen LogP contribution in [0.5, 0.6) is 0 Å². The summed E-state index contributed by atoms with van der Waals surface area (Å²) in [7, 11) is 0. The van der Waals surface area contributed by atoms with E-state index in [1.165, 1.54) is 44.9 Å². The molecule has 1 rings (SSSR count). The highest BCUT2D eigenvalue weighted by atomic mass is 16.2. The van der Waals surface area contributed by atoms with Crippen LogP contribution >= 0.6 is 0 Å². The lowest BCUT2D eigenvalue weighted by molar-refractivity contribution is -0.128. The summed E-state index contributed by atoms with van der Waals surface area (Å²) in [5.74, 6) is 1.77. The highest BCUT2D eigenvalue weighted by Crippen LogP contribution is 2.22. The molecule has 1 aliphatic rings. The molecule has 0 bridgehead atoms. The Balaban J connectivity index is 2.39. The molecule has 176 valence electrons. The largest absolute Gasteiger partial charge is 0.370 e. The predicted octanol–water partition coefficient (Wildman–Crippen LogP) is 2.09. The maximum atomic E-state index is 12.8. The number of aldehydes is 1. The minimum absolute atomic E-state index is 0.0120. The van der Waals surface area contributed by atoms with Crippen LogP contribution in [-0.2, 0) is 14.4 Å². The summed E-state index contributed by atoms with van der Waals surface area (Å²) in [6, 6.07) is -0.994. The van der Waals surface area contributed by atoms with Crippen LogP contribution in [0.15, 0.2) is 10.6 Å². The molecule has 0 aromatic heterocycles. The molecule has 31 heavy (non-hydrogen) atoms. The molecule has 0 aromatic rings. The molecule has 5 N–H and O–H groups in total. The maximum Gasteiger partial charge on any atom is 0.238 e. The molecule has 1 saturated heterocycles. The number of likely N-dealkylation sites (tertiary alicyclic amines) is 1. The Hall–Kier alpha value is -2.18. The Morgan fingerprint density at radius 1 is 1.16 bits per heavy atom. The van der Waals surface area contributed by atoms with Crippen LogP contribution in [0.25, 0.3) is 0 Å². The first-order valence-corrected chi connectivity index (χ1v) is 11.8. The van der Waals surface area contributed by atoms with E-state index in [1.54, 1.807) is 0 Å². The van der Waals surface area contributed by atoms with Crippen molar-refractivity contribution in [1.82, 2.24) is 10.2 Å². The number of unbranched alkanes of at least 4 members (excludes halogenated alkanes) is 8. The number of nitrogens with two attached hydrogens (primary N) is 2. The van der Waals surface area contributed by atoms with Gasteiger partial charge in [-0.15, -0.1) is 0 Å². The molecule has 8 nitrogen and oxygen atoms in total. The molecule has 0 unspecified atom stereocenters. The minimum atomic E-state index is -0.583. The van der Waals surface area contributed by atoms with Crippen molar-refractivity contribution in [2.24, 2.45) is 16.5 Å². The monoisotopic (exact) mass is 435 g/mol. The fraction of sp³-hybridized carbons (Fsp3) is 0.783. The second-order valence-electron chi connectivity index (χ2n) is 8.42. The number of guanidine groups is 1. The van der Waals surface area contributed by atoms with Crippen LogP contribution in [0, 0.1) is 0 Å². The molecular weight excluding hydrogens is 394 g/mol. The van der Waals surface area contributed by atoms with Crippen LogP contribution < -0.4 is 16.8 Å². The van der Waals surface area contributed by atoms with Gasteiger partial charge in [-0.25, -0.2) is 4.79 Å². The van der Waals surface area contributed by atoms with Gasteiger partial charge in [0.15, 0.2) is 5.96 Å². The number of hydrogen-bond donors (Lipinski definition) is 3. The van der Waals surface area contributed by atoms with E-state index in [9.17, 15) is 14.4 Å². The second kappa shape index (κ2) is 16.5. The van der Waals surface area contributed by atoms with Crippen LogP contribution in [0.4, 0.5) is 0 Å². The molecule has 8 heteroatoms. The van der Waals surface area contributed by atoms with Gasteiger partial charge in [-0.3, -0.25) is 14.7 Å². The van der Waals surface area contributed by atoms with Gasteiger partial charge in [-0.2, -0.15) is 0 Å². The average molecular weight is 436 g/mol. The zero-order chi connectivity index (χ0) is 22.9. The van der Waals surface area contributed by atoms with Crippen molar-refractivity contribution >= 4 is 24.1 Å². The van der Waals surface area contributed by atoms with Crippen molar-refractivity contribution in [3.63, 3.8) is 0 Å². The van der Waals surface area contributed by atoms with Gasteiger partial charge < -0.3 is 21.6 Å². The van der Waals surface area contributed by atoms with E-state index in [-0.39, 0.29) is 11.9 Å². The molecule has 2 atom stereocenters. The number of aliphatic imine (C=N–C) groups is 1. The molecular formula is C23H41N5O3. The van der Waals surface area contributed by atoms with E-state index in [1.807, 2.05) is 10.8 Å². The fourth-order valence-corrected chi connectivity index (χ4v) is 3.95. The highest BCUT2D eigenvalue weighted by molar-refractivity contribution is 5.85. The molecule has 0 spiro atoms. The van der Waals surface area contributed by atoms with E-state index in [0.29, 0.717) is 37.9 Å². The minimum Gasteiger partial charge on any atom is -0.370 e. The summed E-state index contributed by atoms with van der Waals surface area (Å²) in [6.07, 6.45) is 13.3. The number of hydrogen-bond acceptors (Lipinski definition) is 5. The molecule has 0 aromatic carbocycles. The molecule has 1 heterocycles. The Labute approximate surface area is 186 Å². The van der Waals surface area contributed by atoms with Crippen molar-refractivity contribution in [3.8, 4) is 0 Å². The van der Waals surface area contributed by atoms with E-state index < -0.39 is 12.1 Å². The summed E-state index contributed by atoms with van der Waals surface area (Å²) in [4.78, 5) is 41.2. The van der Waals surface area contributed by atoms with E-state index in [2.05, 4.69) is 17.2 Å². The summed E-state index contributed by atoms with van der Waals surface area (Å²) < 4.78 is 0. The van der Waals surface area contributed by atoms with E-state index in [0.717, 1.165) is 25.7 Å². The summed E-state index contributed by atoms with van der Waals surface area (Å²) >= 11 is 0. The third-order valence-electron chi connectivity index (χ3n) is 5.73. The number of nitrogens with one attached hydrogen (secondary N) is 1. The number of carbonyl (C=O) groups excluding carboxylic acids is 3. The van der Waals surface area contributed by atoms with Crippen LogP contribution in [-0.4, -0.2) is 60.7 Å². The molecule has 1 amide bonds. The van der Waals surface area contributed by atoms with Gasteiger partial charge in [-0.1, -0.05) is 58.3 Å². The zero-order valence-corrected chi connectivity index (χ0v) is 19.1. The summed E-state index contributed by atoms with van der Waals surface area (Å²) in [5, 5.41) is 2.80. The zero-order valence-electron chi connectivity index (χ0n) is 19.1. The molecule has 0 radical (unpaired) electrons. The lowest BCUT2D eigenvalue weighted by atomic mass is 10.1. The van der Waals surface area contributed by atoms with Gasteiger partial charge in [-0.05, 0) is 25.8 Å². The first-order valence-electron chi connectivity index (χ1n) is 11.8. The van der Waals surface area contributed by atoms with E-state index in [4.69, 9.17) is 11.5 Å². The van der Waals surface area contributed by atoms with Crippen molar-refractivity contribution in [2.45, 2.75) is 96.1 Å². The van der Waals surface area contributed by atoms with Crippen molar-refractivity contribution in [2.75, 3.05) is 19.6 Å². The van der Waals surface area contributed by atoms with Crippen LogP contribution in [0.3, 0.4) is 0 Å². The SMILES string of the molecule is CCCCCCCCCCCN1CC(=C=O)C[C@H]1C(=O)N[C@H](C=O)CCCN=C(N)N.